The van der Waals surface area contributed by atoms with Gasteiger partial charge in [-0.1, -0.05) is 12.1 Å². The first-order valence-corrected chi connectivity index (χ1v) is 12.4. The highest BCUT2D eigenvalue weighted by Gasteiger charge is 2.29. The topological polar surface area (TPSA) is 44.7 Å². The van der Waals surface area contributed by atoms with Crippen molar-refractivity contribution in [1.82, 2.24) is 14.9 Å². The molecule has 2 fully saturated rings. The Morgan fingerprint density at radius 3 is 2.37 bits per heavy atom. The molecule has 0 radical (unpaired) electrons. The molecule has 0 amide bonds. The van der Waals surface area contributed by atoms with Gasteiger partial charge < -0.3 is 14.5 Å². The maximum Gasteiger partial charge on any atom is 0.213 e. The summed E-state index contributed by atoms with van der Waals surface area (Å²) in [6, 6.07) is 18.0. The fraction of sp³-hybridized carbons (Fsp3) is 0.357. The normalized spacial score (nSPS) is 17.9. The highest BCUT2D eigenvalue weighted by atomic mass is 19.1. The Kier molecular flexibility index (Phi) is 5.86. The highest BCUT2D eigenvalue weighted by molar-refractivity contribution is 5.92. The molecule has 0 N–H and O–H groups in total. The van der Waals surface area contributed by atoms with Gasteiger partial charge >= 0.3 is 0 Å². The lowest BCUT2D eigenvalue weighted by Gasteiger charge is -2.44. The molecule has 0 spiro atoms. The Morgan fingerprint density at radius 2 is 1.57 bits per heavy atom. The fourth-order valence-electron chi connectivity index (χ4n) is 5.66. The molecule has 2 aromatic heterocycles. The number of halogens is 1. The van der Waals surface area contributed by atoms with Crippen molar-refractivity contribution in [3.05, 3.63) is 66.6 Å². The first-order valence-electron chi connectivity index (χ1n) is 12.4. The zero-order valence-electron chi connectivity index (χ0n) is 20.0. The van der Waals surface area contributed by atoms with Gasteiger partial charge in [0.2, 0.25) is 5.88 Å². The van der Waals surface area contributed by atoms with Gasteiger partial charge in [-0.15, -0.1) is 0 Å². The van der Waals surface area contributed by atoms with Crippen LogP contribution in [-0.4, -0.2) is 67.3 Å². The van der Waals surface area contributed by atoms with Gasteiger partial charge in [0, 0.05) is 68.3 Å². The maximum absolute atomic E-state index is 14.2. The molecule has 7 heteroatoms. The molecule has 2 saturated heterocycles. The lowest BCUT2D eigenvalue weighted by atomic mass is 10.0. The van der Waals surface area contributed by atoms with Crippen molar-refractivity contribution in [2.45, 2.75) is 18.9 Å². The second kappa shape index (κ2) is 9.30. The first-order chi connectivity index (χ1) is 17.2. The molecule has 0 bridgehead atoms. The number of piperazine rings is 1. The number of aromatic nitrogens is 2. The van der Waals surface area contributed by atoms with E-state index >= 15 is 0 Å². The number of anilines is 2. The summed E-state index contributed by atoms with van der Waals surface area (Å²) in [7, 11) is 1.66. The Morgan fingerprint density at radius 1 is 0.800 bits per heavy atom. The molecule has 0 unspecified atom stereocenters. The summed E-state index contributed by atoms with van der Waals surface area (Å²) in [6.45, 7) is 6.01. The fourth-order valence-corrected chi connectivity index (χ4v) is 5.66. The van der Waals surface area contributed by atoms with Crippen molar-refractivity contribution in [3.63, 3.8) is 0 Å². The average Bonchev–Trinajstić information content (AvgIpc) is 2.93. The smallest absolute Gasteiger partial charge is 0.213 e. The van der Waals surface area contributed by atoms with Gasteiger partial charge in [-0.25, -0.2) is 9.37 Å². The first kappa shape index (κ1) is 22.0. The number of nitrogens with zero attached hydrogens (tertiary/aromatic N) is 5. The van der Waals surface area contributed by atoms with E-state index < -0.39 is 0 Å². The minimum atomic E-state index is -0.204. The molecule has 35 heavy (non-hydrogen) atoms. The number of pyridine rings is 2. The summed E-state index contributed by atoms with van der Waals surface area (Å²) in [6.07, 6.45) is 3.97. The molecular weight excluding hydrogens is 441 g/mol. The molecule has 180 valence electrons. The molecule has 4 aromatic rings. The molecule has 0 atom stereocenters. The minimum Gasteiger partial charge on any atom is -0.481 e. The Bertz CT molecular complexity index is 1350. The van der Waals surface area contributed by atoms with Crippen LogP contribution in [-0.2, 0) is 0 Å². The largest absolute Gasteiger partial charge is 0.481 e. The van der Waals surface area contributed by atoms with E-state index in [2.05, 4.69) is 43.9 Å². The number of fused-ring (bicyclic) bond motifs is 2. The number of ether oxygens (including phenoxy) is 1. The van der Waals surface area contributed by atoms with Crippen LogP contribution >= 0.6 is 0 Å². The van der Waals surface area contributed by atoms with E-state index in [0.29, 0.717) is 17.3 Å². The van der Waals surface area contributed by atoms with Gasteiger partial charge in [0.05, 0.1) is 29.5 Å². The molecular formula is C28H30FN5O. The zero-order chi connectivity index (χ0) is 23.8. The summed E-state index contributed by atoms with van der Waals surface area (Å²) in [4.78, 5) is 16.7. The number of hydrogen-bond acceptors (Lipinski definition) is 6. The second-order valence-electron chi connectivity index (χ2n) is 9.41. The summed E-state index contributed by atoms with van der Waals surface area (Å²) >= 11 is 0. The van der Waals surface area contributed by atoms with Crippen molar-refractivity contribution >= 4 is 33.2 Å². The van der Waals surface area contributed by atoms with Crippen LogP contribution in [0.3, 0.4) is 0 Å². The van der Waals surface area contributed by atoms with Crippen LogP contribution in [0.5, 0.6) is 5.88 Å². The second-order valence-corrected chi connectivity index (χ2v) is 9.41. The predicted molar refractivity (Wildman–Crippen MR) is 139 cm³/mol. The number of piperidine rings is 1. The van der Waals surface area contributed by atoms with E-state index in [-0.39, 0.29) is 5.82 Å². The van der Waals surface area contributed by atoms with Crippen LogP contribution in [0.1, 0.15) is 12.8 Å². The Hall–Kier alpha value is -3.45. The predicted octanol–water partition coefficient (Wildman–Crippen LogP) is 4.72. The third-order valence-electron chi connectivity index (χ3n) is 7.55. The monoisotopic (exact) mass is 471 g/mol. The summed E-state index contributed by atoms with van der Waals surface area (Å²) < 4.78 is 19.6. The lowest BCUT2D eigenvalue weighted by molar-refractivity contribution is 0.160. The molecule has 2 aromatic carbocycles. The van der Waals surface area contributed by atoms with E-state index in [1.807, 2.05) is 18.2 Å². The zero-order valence-corrected chi connectivity index (χ0v) is 20.0. The lowest BCUT2D eigenvalue weighted by Crippen LogP contribution is -2.53. The molecule has 0 saturated carbocycles. The Labute approximate surface area is 204 Å². The van der Waals surface area contributed by atoms with Crippen molar-refractivity contribution in [3.8, 4) is 5.88 Å². The average molecular weight is 472 g/mol. The highest BCUT2D eigenvalue weighted by Crippen LogP contribution is 2.32. The van der Waals surface area contributed by atoms with Crippen LogP contribution in [0.4, 0.5) is 15.8 Å². The van der Waals surface area contributed by atoms with E-state index in [9.17, 15) is 4.39 Å². The number of para-hydroxylation sites is 1. The van der Waals surface area contributed by atoms with Crippen molar-refractivity contribution in [1.29, 1.82) is 0 Å². The van der Waals surface area contributed by atoms with Crippen LogP contribution in [0.15, 0.2) is 60.8 Å². The summed E-state index contributed by atoms with van der Waals surface area (Å²) in [5, 5.41) is 1.74. The number of benzene rings is 2. The van der Waals surface area contributed by atoms with Crippen molar-refractivity contribution < 1.29 is 9.13 Å². The SMILES string of the molecule is COc1ccc2cccc(N3CCN(C4CCN(c5ccc(F)c6cccnc56)CC4)CC3)c2n1. The Balaban J connectivity index is 1.11. The number of rotatable bonds is 4. The van der Waals surface area contributed by atoms with Crippen LogP contribution in [0, 0.1) is 5.82 Å². The maximum atomic E-state index is 14.2. The molecule has 6 nitrogen and oxygen atoms in total. The summed E-state index contributed by atoms with van der Waals surface area (Å²) in [5.41, 5.74) is 4.00. The van der Waals surface area contributed by atoms with Gasteiger partial charge in [-0.05, 0) is 49.2 Å². The standard InChI is InChI=1S/C28H30FN5O/c1-35-26-10-7-20-4-2-6-24(27(20)31-26)34-18-16-32(17-19-34)21-11-14-33(15-12-21)25-9-8-23(29)22-5-3-13-30-28(22)25/h2-10,13,21H,11-12,14-19H2,1H3. The minimum absolute atomic E-state index is 0.204. The van der Waals surface area contributed by atoms with Gasteiger partial charge in [0.15, 0.2) is 0 Å². The van der Waals surface area contributed by atoms with Crippen LogP contribution < -0.4 is 14.5 Å². The van der Waals surface area contributed by atoms with Crippen LogP contribution in [0.2, 0.25) is 0 Å². The van der Waals surface area contributed by atoms with Gasteiger partial charge in [0.1, 0.15) is 5.82 Å². The summed E-state index contributed by atoms with van der Waals surface area (Å²) in [5.74, 6) is 0.448. The van der Waals surface area contributed by atoms with Gasteiger partial charge in [-0.2, -0.15) is 0 Å². The third-order valence-corrected chi connectivity index (χ3v) is 7.55. The van der Waals surface area contributed by atoms with Crippen LogP contribution in [0.25, 0.3) is 21.8 Å². The molecule has 2 aliphatic rings. The molecule has 0 aliphatic carbocycles. The molecule has 2 aliphatic heterocycles. The third kappa shape index (κ3) is 4.14. The van der Waals surface area contributed by atoms with Crippen molar-refractivity contribution in [2.24, 2.45) is 0 Å². The van der Waals surface area contributed by atoms with Gasteiger partial charge in [-0.3, -0.25) is 9.88 Å². The molecule has 6 rings (SSSR count). The number of methoxy groups -OCH3 is 1. The quantitative estimate of drug-likeness (QED) is 0.429. The van der Waals surface area contributed by atoms with E-state index in [1.165, 1.54) is 5.69 Å². The molecule has 4 heterocycles. The van der Waals surface area contributed by atoms with Gasteiger partial charge in [0.25, 0.3) is 0 Å². The van der Waals surface area contributed by atoms with E-state index in [0.717, 1.165) is 74.2 Å². The van der Waals surface area contributed by atoms with E-state index in [1.54, 1.807) is 25.4 Å². The van der Waals surface area contributed by atoms with E-state index in [4.69, 9.17) is 9.72 Å². The number of hydrogen-bond donors (Lipinski definition) is 0. The van der Waals surface area contributed by atoms with Crippen molar-refractivity contribution in [2.75, 3.05) is 56.2 Å².